The van der Waals surface area contributed by atoms with Crippen molar-refractivity contribution in [2.75, 3.05) is 11.2 Å². The lowest BCUT2D eigenvalue weighted by molar-refractivity contribution is 0.0787. The van der Waals surface area contributed by atoms with Gasteiger partial charge in [-0.05, 0) is 66.7 Å². The summed E-state index contributed by atoms with van der Waals surface area (Å²) in [5.41, 5.74) is 1.14. The second-order valence-corrected chi connectivity index (χ2v) is 7.78. The summed E-state index contributed by atoms with van der Waals surface area (Å²) >= 11 is 17.7. The Kier molecular flexibility index (Phi) is 7.91. The molecule has 1 amide bonds. The summed E-state index contributed by atoms with van der Waals surface area (Å²) in [6.45, 7) is 0. The molecule has 31 heavy (non-hydrogen) atoms. The maximum atomic E-state index is 13.1. The van der Waals surface area contributed by atoms with Crippen LogP contribution in [0.1, 0.15) is 27.1 Å². The summed E-state index contributed by atoms with van der Waals surface area (Å²) in [6, 6.07) is 16.4. The SMILES string of the molecule is O=C(Nc1ccc(OC(CCCl)C(=O)c2ccc(F)cc2)cc1)c1ccc(Cl)cc1Cl. The molecule has 0 aliphatic rings. The molecule has 1 unspecified atom stereocenters. The lowest BCUT2D eigenvalue weighted by atomic mass is 10.0. The molecular formula is C23H17Cl3FNO3. The second kappa shape index (κ2) is 10.6. The molecule has 0 heterocycles. The van der Waals surface area contributed by atoms with E-state index in [1.165, 1.54) is 36.4 Å². The van der Waals surface area contributed by atoms with Crippen LogP contribution in [0.5, 0.6) is 5.75 Å². The van der Waals surface area contributed by atoms with Crippen LogP contribution in [0.2, 0.25) is 10.0 Å². The van der Waals surface area contributed by atoms with E-state index in [0.717, 1.165) is 0 Å². The molecule has 1 N–H and O–H groups in total. The van der Waals surface area contributed by atoms with Crippen molar-refractivity contribution >= 4 is 52.2 Å². The highest BCUT2D eigenvalue weighted by Crippen LogP contribution is 2.24. The van der Waals surface area contributed by atoms with Gasteiger partial charge in [-0.15, -0.1) is 11.6 Å². The molecule has 0 bridgehead atoms. The van der Waals surface area contributed by atoms with Crippen LogP contribution in [0.4, 0.5) is 10.1 Å². The van der Waals surface area contributed by atoms with Gasteiger partial charge < -0.3 is 10.1 Å². The van der Waals surface area contributed by atoms with Crippen molar-refractivity contribution in [1.29, 1.82) is 0 Å². The van der Waals surface area contributed by atoms with E-state index in [9.17, 15) is 14.0 Å². The molecule has 4 nitrogen and oxygen atoms in total. The number of benzene rings is 3. The Bertz CT molecular complexity index is 1070. The van der Waals surface area contributed by atoms with E-state index in [0.29, 0.717) is 27.6 Å². The normalized spacial score (nSPS) is 11.6. The van der Waals surface area contributed by atoms with E-state index in [4.69, 9.17) is 39.5 Å². The van der Waals surface area contributed by atoms with E-state index in [2.05, 4.69) is 5.32 Å². The number of carbonyl (C=O) groups excluding carboxylic acids is 2. The molecule has 0 aliphatic carbocycles. The summed E-state index contributed by atoms with van der Waals surface area (Å²) in [6.07, 6.45) is -0.540. The number of carbonyl (C=O) groups is 2. The zero-order valence-corrected chi connectivity index (χ0v) is 18.3. The van der Waals surface area contributed by atoms with Gasteiger partial charge in [-0.3, -0.25) is 9.59 Å². The number of alkyl halides is 1. The summed E-state index contributed by atoms with van der Waals surface area (Å²) in [4.78, 5) is 25.1. The van der Waals surface area contributed by atoms with Crippen LogP contribution in [-0.2, 0) is 0 Å². The number of amides is 1. The average molecular weight is 481 g/mol. The van der Waals surface area contributed by atoms with Crippen molar-refractivity contribution in [2.45, 2.75) is 12.5 Å². The summed E-state index contributed by atoms with van der Waals surface area (Å²) < 4.78 is 18.9. The van der Waals surface area contributed by atoms with Crippen LogP contribution in [0.3, 0.4) is 0 Å². The largest absolute Gasteiger partial charge is 0.482 e. The van der Waals surface area contributed by atoms with E-state index >= 15 is 0 Å². The maximum Gasteiger partial charge on any atom is 0.257 e. The molecule has 3 rings (SSSR count). The Morgan fingerprint density at radius 1 is 0.968 bits per heavy atom. The fraction of sp³-hybridized carbons (Fsp3) is 0.130. The van der Waals surface area contributed by atoms with E-state index in [-0.39, 0.29) is 29.0 Å². The van der Waals surface area contributed by atoms with Crippen molar-refractivity contribution in [3.8, 4) is 5.75 Å². The number of ether oxygens (including phenoxy) is 1. The van der Waals surface area contributed by atoms with Crippen LogP contribution in [-0.4, -0.2) is 23.7 Å². The lowest BCUT2D eigenvalue weighted by Gasteiger charge is -2.17. The minimum atomic E-state index is -0.823. The summed E-state index contributed by atoms with van der Waals surface area (Å²) in [5.74, 6) is -0.470. The number of ketones is 1. The van der Waals surface area contributed by atoms with Crippen molar-refractivity contribution < 1.29 is 18.7 Å². The second-order valence-electron chi connectivity index (χ2n) is 6.56. The highest BCUT2D eigenvalue weighted by atomic mass is 35.5. The van der Waals surface area contributed by atoms with Gasteiger partial charge in [0.05, 0.1) is 10.6 Å². The van der Waals surface area contributed by atoms with Crippen LogP contribution < -0.4 is 10.1 Å². The van der Waals surface area contributed by atoms with Crippen LogP contribution in [0.25, 0.3) is 0 Å². The van der Waals surface area contributed by atoms with Crippen LogP contribution >= 0.6 is 34.8 Å². The molecule has 0 aromatic heterocycles. The number of halogens is 4. The monoisotopic (exact) mass is 479 g/mol. The first-order valence-corrected chi connectivity index (χ1v) is 10.6. The van der Waals surface area contributed by atoms with Gasteiger partial charge in [-0.1, -0.05) is 23.2 Å². The Morgan fingerprint density at radius 2 is 1.65 bits per heavy atom. The fourth-order valence-corrected chi connectivity index (χ4v) is 3.49. The molecule has 160 valence electrons. The predicted octanol–water partition coefficient (Wildman–Crippen LogP) is 6.64. The standard InChI is InChI=1S/C23H17Cl3FNO3/c24-12-11-21(22(29)14-1-4-16(27)5-2-14)31-18-8-6-17(7-9-18)28-23(30)19-10-3-15(25)13-20(19)26/h1-10,13,21H,11-12H2,(H,28,30). The number of hydrogen-bond acceptors (Lipinski definition) is 3. The van der Waals surface area contributed by atoms with Crippen molar-refractivity contribution in [2.24, 2.45) is 0 Å². The van der Waals surface area contributed by atoms with Gasteiger partial charge in [0.2, 0.25) is 5.78 Å². The van der Waals surface area contributed by atoms with Gasteiger partial charge in [-0.2, -0.15) is 0 Å². The first-order chi connectivity index (χ1) is 14.9. The van der Waals surface area contributed by atoms with Gasteiger partial charge in [0.25, 0.3) is 5.91 Å². The smallest absolute Gasteiger partial charge is 0.257 e. The van der Waals surface area contributed by atoms with Crippen molar-refractivity contribution in [3.05, 3.63) is 93.7 Å². The van der Waals surface area contributed by atoms with E-state index < -0.39 is 11.9 Å². The summed E-state index contributed by atoms with van der Waals surface area (Å²) in [5, 5.41) is 3.41. The minimum absolute atomic E-state index is 0.216. The molecule has 0 fully saturated rings. The number of nitrogens with one attached hydrogen (secondary N) is 1. The molecule has 1 atom stereocenters. The molecule has 0 radical (unpaired) electrons. The molecule has 3 aromatic carbocycles. The summed E-state index contributed by atoms with van der Waals surface area (Å²) in [7, 11) is 0. The Hall–Kier alpha value is -2.60. The molecule has 8 heteroatoms. The fourth-order valence-electron chi connectivity index (χ4n) is 2.80. The maximum absolute atomic E-state index is 13.1. The quantitative estimate of drug-likeness (QED) is 0.290. The van der Waals surface area contributed by atoms with Crippen molar-refractivity contribution in [1.82, 2.24) is 0 Å². The highest BCUT2D eigenvalue weighted by molar-refractivity contribution is 6.37. The van der Waals surface area contributed by atoms with Gasteiger partial charge in [-0.25, -0.2) is 4.39 Å². The Balaban J connectivity index is 1.68. The Morgan fingerprint density at radius 3 is 2.26 bits per heavy atom. The molecule has 0 spiro atoms. The third kappa shape index (κ3) is 6.20. The van der Waals surface area contributed by atoms with E-state index in [1.54, 1.807) is 30.3 Å². The minimum Gasteiger partial charge on any atom is -0.482 e. The molecule has 0 saturated heterocycles. The molecule has 3 aromatic rings. The topological polar surface area (TPSA) is 55.4 Å². The lowest BCUT2D eigenvalue weighted by Crippen LogP contribution is -2.28. The van der Waals surface area contributed by atoms with Crippen LogP contribution in [0, 0.1) is 5.82 Å². The highest BCUT2D eigenvalue weighted by Gasteiger charge is 2.22. The number of Topliss-reactive ketones (excluding diaryl/α,β-unsaturated/α-hetero) is 1. The van der Waals surface area contributed by atoms with Gasteiger partial charge in [0.1, 0.15) is 11.6 Å². The third-order valence-corrected chi connectivity index (χ3v) is 5.12. The first kappa shape index (κ1) is 23.1. The predicted molar refractivity (Wildman–Crippen MR) is 121 cm³/mol. The zero-order valence-electron chi connectivity index (χ0n) is 16.1. The Labute approximate surface area is 193 Å². The third-order valence-electron chi connectivity index (χ3n) is 4.36. The van der Waals surface area contributed by atoms with Crippen LogP contribution in [0.15, 0.2) is 66.7 Å². The average Bonchev–Trinajstić information content (AvgIpc) is 2.74. The molecule has 0 saturated carbocycles. The van der Waals surface area contributed by atoms with Gasteiger partial charge >= 0.3 is 0 Å². The van der Waals surface area contributed by atoms with Gasteiger partial charge in [0.15, 0.2) is 6.10 Å². The molecular weight excluding hydrogens is 464 g/mol. The van der Waals surface area contributed by atoms with Gasteiger partial charge in [0, 0.05) is 28.6 Å². The number of anilines is 1. The molecule has 0 aliphatic heterocycles. The number of rotatable bonds is 8. The van der Waals surface area contributed by atoms with E-state index in [1.807, 2.05) is 0 Å². The zero-order chi connectivity index (χ0) is 22.4. The first-order valence-electron chi connectivity index (χ1n) is 9.26. The number of hydrogen-bond donors (Lipinski definition) is 1. The van der Waals surface area contributed by atoms with Crippen molar-refractivity contribution in [3.63, 3.8) is 0 Å².